The first-order valence-corrected chi connectivity index (χ1v) is 5.08. The zero-order chi connectivity index (χ0) is 10.3. The molecule has 0 aromatic heterocycles. The van der Waals surface area contributed by atoms with E-state index in [-0.39, 0.29) is 0 Å². The number of nitrogens with zero attached hydrogens (tertiary/aromatic N) is 1. The average molecular weight is 181 g/mol. The molecule has 1 heteroatoms. The van der Waals surface area contributed by atoms with Gasteiger partial charge in [-0.1, -0.05) is 31.1 Å². The Labute approximate surface area is 83.1 Å². The third-order valence-electron chi connectivity index (χ3n) is 1.89. The van der Waals surface area contributed by atoms with Crippen molar-refractivity contribution in [3.63, 3.8) is 0 Å². The molecule has 0 heterocycles. The highest BCUT2D eigenvalue weighted by molar-refractivity contribution is 5.08. The first kappa shape index (κ1) is 12.3. The van der Waals surface area contributed by atoms with Gasteiger partial charge in [-0.05, 0) is 32.9 Å². The fraction of sp³-hybridized carbons (Fsp3) is 0.667. The Balaban J connectivity index is 3.83. The van der Waals surface area contributed by atoms with Crippen molar-refractivity contribution in [2.24, 2.45) is 0 Å². The summed E-state index contributed by atoms with van der Waals surface area (Å²) < 4.78 is 0. The first-order chi connectivity index (χ1) is 6.06. The van der Waals surface area contributed by atoms with Crippen molar-refractivity contribution in [1.82, 2.24) is 4.90 Å². The molecule has 0 aliphatic rings. The number of hydrogen-bond acceptors (Lipinski definition) is 1. The fourth-order valence-electron chi connectivity index (χ4n) is 1.37. The molecule has 0 saturated carbocycles. The Morgan fingerprint density at radius 2 is 2.00 bits per heavy atom. The van der Waals surface area contributed by atoms with Gasteiger partial charge in [-0.25, -0.2) is 0 Å². The molecule has 0 bridgehead atoms. The van der Waals surface area contributed by atoms with Crippen LogP contribution in [0.4, 0.5) is 0 Å². The van der Waals surface area contributed by atoms with Crippen LogP contribution in [-0.2, 0) is 0 Å². The number of hydrogen-bond donors (Lipinski definition) is 0. The van der Waals surface area contributed by atoms with Crippen molar-refractivity contribution in [1.29, 1.82) is 0 Å². The third kappa shape index (κ3) is 7.63. The monoisotopic (exact) mass is 181 g/mol. The first-order valence-electron chi connectivity index (χ1n) is 5.08. The summed E-state index contributed by atoms with van der Waals surface area (Å²) in [4.78, 5) is 2.27. The molecular formula is C12H23N. The molecule has 0 radical (unpaired) electrons. The highest BCUT2D eigenvalue weighted by atomic mass is 15.1. The smallest absolute Gasteiger partial charge is 0.0169 e. The van der Waals surface area contributed by atoms with Gasteiger partial charge in [-0.3, -0.25) is 0 Å². The van der Waals surface area contributed by atoms with Crippen molar-refractivity contribution in [3.05, 3.63) is 23.9 Å². The van der Waals surface area contributed by atoms with Crippen molar-refractivity contribution in [2.45, 2.75) is 40.0 Å². The van der Waals surface area contributed by atoms with Crippen LogP contribution in [-0.4, -0.2) is 18.5 Å². The predicted octanol–water partition coefficient (Wildman–Crippen LogP) is 3.59. The molecule has 0 aromatic rings. The van der Waals surface area contributed by atoms with Crippen LogP contribution in [0.15, 0.2) is 23.9 Å². The Bertz CT molecular complexity index is 180. The highest BCUT2D eigenvalue weighted by Crippen LogP contribution is 2.08. The Morgan fingerprint density at radius 3 is 2.46 bits per heavy atom. The summed E-state index contributed by atoms with van der Waals surface area (Å²) in [6.45, 7) is 11.5. The van der Waals surface area contributed by atoms with Gasteiger partial charge in [0.1, 0.15) is 0 Å². The summed E-state index contributed by atoms with van der Waals surface area (Å²) in [7, 11) is 2.14. The molecule has 0 aliphatic heterocycles. The second kappa shape index (κ2) is 6.76. The maximum atomic E-state index is 3.91. The van der Waals surface area contributed by atoms with E-state index in [9.17, 15) is 0 Å². The maximum absolute atomic E-state index is 3.91. The van der Waals surface area contributed by atoms with Gasteiger partial charge in [-0.2, -0.15) is 0 Å². The Kier molecular flexibility index (Phi) is 6.38. The Morgan fingerprint density at radius 1 is 1.38 bits per heavy atom. The molecular weight excluding hydrogens is 158 g/mol. The van der Waals surface area contributed by atoms with Gasteiger partial charge in [0, 0.05) is 13.6 Å². The van der Waals surface area contributed by atoms with E-state index in [1.165, 1.54) is 24.0 Å². The quantitative estimate of drug-likeness (QED) is 0.566. The van der Waals surface area contributed by atoms with Crippen molar-refractivity contribution >= 4 is 0 Å². The van der Waals surface area contributed by atoms with Crippen LogP contribution < -0.4 is 0 Å². The lowest BCUT2D eigenvalue weighted by Crippen LogP contribution is -2.12. The van der Waals surface area contributed by atoms with E-state index in [0.29, 0.717) is 0 Å². The number of rotatable bonds is 6. The molecule has 0 saturated heterocycles. The maximum Gasteiger partial charge on any atom is 0.0169 e. The van der Waals surface area contributed by atoms with E-state index in [0.717, 1.165) is 13.0 Å². The van der Waals surface area contributed by atoms with Gasteiger partial charge in [0.15, 0.2) is 0 Å². The normalized spacial score (nSPS) is 11.5. The van der Waals surface area contributed by atoms with Crippen LogP contribution in [0.5, 0.6) is 0 Å². The molecule has 0 fully saturated rings. The summed E-state index contributed by atoms with van der Waals surface area (Å²) in [5.74, 6) is 0. The van der Waals surface area contributed by atoms with E-state index in [1.807, 2.05) is 0 Å². The van der Waals surface area contributed by atoms with Gasteiger partial charge < -0.3 is 4.90 Å². The van der Waals surface area contributed by atoms with Crippen molar-refractivity contribution < 1.29 is 0 Å². The summed E-state index contributed by atoms with van der Waals surface area (Å²) in [6, 6.07) is 0. The second-order valence-electron chi connectivity index (χ2n) is 3.94. The largest absolute Gasteiger partial charge is 0.380 e. The molecule has 0 amide bonds. The zero-order valence-corrected chi connectivity index (χ0v) is 9.56. The van der Waals surface area contributed by atoms with Crippen LogP contribution in [0.1, 0.15) is 40.0 Å². The molecule has 0 N–H and O–H groups in total. The lowest BCUT2D eigenvalue weighted by molar-refractivity contribution is 0.437. The molecule has 1 nitrogen and oxygen atoms in total. The summed E-state index contributed by atoms with van der Waals surface area (Å²) in [6.07, 6.45) is 5.78. The lowest BCUT2D eigenvalue weighted by Gasteiger charge is -2.14. The van der Waals surface area contributed by atoms with Crippen LogP contribution in [0, 0.1) is 0 Å². The molecule has 0 rings (SSSR count). The van der Waals surface area contributed by atoms with Gasteiger partial charge in [0.25, 0.3) is 0 Å². The number of unbranched alkanes of at least 4 members (excludes halogenated alkanes) is 1. The summed E-state index contributed by atoms with van der Waals surface area (Å²) in [5, 5.41) is 0. The van der Waals surface area contributed by atoms with Crippen LogP contribution in [0.3, 0.4) is 0 Å². The minimum absolute atomic E-state index is 1.02. The van der Waals surface area contributed by atoms with Gasteiger partial charge in [-0.15, -0.1) is 0 Å². The minimum Gasteiger partial charge on any atom is -0.380 e. The SMILES string of the molecule is C=C(C)C/C(C)=C/N(C)CCCC. The minimum atomic E-state index is 1.02. The molecule has 13 heavy (non-hydrogen) atoms. The second-order valence-corrected chi connectivity index (χ2v) is 3.94. The standard InChI is InChI=1S/C12H23N/c1-6-7-8-13(5)10-12(4)9-11(2)3/h10H,2,6-9H2,1,3-5H3/b12-10+. The molecule has 0 atom stereocenters. The highest BCUT2D eigenvalue weighted by Gasteiger charge is 1.94. The molecule has 0 spiro atoms. The van der Waals surface area contributed by atoms with Crippen LogP contribution in [0.2, 0.25) is 0 Å². The van der Waals surface area contributed by atoms with E-state index in [1.54, 1.807) is 0 Å². The van der Waals surface area contributed by atoms with Gasteiger partial charge >= 0.3 is 0 Å². The van der Waals surface area contributed by atoms with Crippen LogP contribution in [0.25, 0.3) is 0 Å². The van der Waals surface area contributed by atoms with Crippen LogP contribution >= 0.6 is 0 Å². The van der Waals surface area contributed by atoms with Gasteiger partial charge in [0.2, 0.25) is 0 Å². The van der Waals surface area contributed by atoms with Crippen molar-refractivity contribution in [2.75, 3.05) is 13.6 Å². The summed E-state index contributed by atoms with van der Waals surface area (Å²) in [5.41, 5.74) is 2.63. The summed E-state index contributed by atoms with van der Waals surface area (Å²) >= 11 is 0. The zero-order valence-electron chi connectivity index (χ0n) is 9.56. The number of allylic oxidation sites excluding steroid dienone is 2. The Hall–Kier alpha value is -0.720. The van der Waals surface area contributed by atoms with Gasteiger partial charge in [0.05, 0.1) is 0 Å². The molecule has 0 aromatic carbocycles. The van der Waals surface area contributed by atoms with E-state index in [2.05, 4.69) is 45.5 Å². The van der Waals surface area contributed by atoms with E-state index < -0.39 is 0 Å². The fourth-order valence-corrected chi connectivity index (χ4v) is 1.37. The van der Waals surface area contributed by atoms with E-state index in [4.69, 9.17) is 0 Å². The van der Waals surface area contributed by atoms with Crippen molar-refractivity contribution in [3.8, 4) is 0 Å². The molecule has 0 unspecified atom stereocenters. The third-order valence-corrected chi connectivity index (χ3v) is 1.89. The topological polar surface area (TPSA) is 3.24 Å². The average Bonchev–Trinajstić information content (AvgIpc) is 1.98. The van der Waals surface area contributed by atoms with E-state index >= 15 is 0 Å². The predicted molar refractivity (Wildman–Crippen MR) is 60.7 cm³/mol. The lowest BCUT2D eigenvalue weighted by atomic mass is 10.1. The molecule has 0 aliphatic carbocycles. The molecule has 76 valence electrons.